The molecule has 0 spiro atoms. The van der Waals surface area contributed by atoms with Gasteiger partial charge in [-0.2, -0.15) is 0 Å². The number of halogens is 1. The van der Waals surface area contributed by atoms with E-state index >= 15 is 0 Å². The Morgan fingerprint density at radius 2 is 1.67 bits per heavy atom. The average molecular weight is 322 g/mol. The lowest BCUT2D eigenvalue weighted by Gasteiger charge is -2.07. The van der Waals surface area contributed by atoms with Gasteiger partial charge in [-0.3, -0.25) is 4.79 Å². The van der Waals surface area contributed by atoms with Gasteiger partial charge in [0.25, 0.3) is 5.91 Å². The number of benzene rings is 1. The number of carbonyl (C=O) groups excluding carboxylic acids is 1. The monoisotopic (exact) mass is 322 g/mol. The van der Waals surface area contributed by atoms with Crippen LogP contribution in [0, 0.1) is 5.82 Å². The van der Waals surface area contributed by atoms with Gasteiger partial charge in [-0.05, 0) is 29.8 Å². The molecule has 120 valence electrons. The molecule has 0 aliphatic heterocycles. The standard InChI is InChI=1S/C18H15FN4O/c19-15-7-9-17(22-12-15)23-18(24)14-6-8-16(21-11-14)20-10-13-4-2-1-3-5-13/h1-9,11-12H,10H2,(H,20,21)(H,22,23,24). The fourth-order valence-electron chi connectivity index (χ4n) is 2.06. The fourth-order valence-corrected chi connectivity index (χ4v) is 2.06. The van der Waals surface area contributed by atoms with E-state index in [9.17, 15) is 9.18 Å². The summed E-state index contributed by atoms with van der Waals surface area (Å²) >= 11 is 0. The molecular formula is C18H15FN4O. The van der Waals surface area contributed by atoms with Gasteiger partial charge in [0.1, 0.15) is 17.5 Å². The maximum Gasteiger partial charge on any atom is 0.258 e. The summed E-state index contributed by atoms with van der Waals surface area (Å²) in [5, 5.41) is 5.77. The summed E-state index contributed by atoms with van der Waals surface area (Å²) < 4.78 is 12.8. The molecule has 5 nitrogen and oxygen atoms in total. The van der Waals surface area contributed by atoms with Crippen molar-refractivity contribution >= 4 is 17.5 Å². The molecule has 3 rings (SSSR count). The number of aromatic nitrogens is 2. The van der Waals surface area contributed by atoms with Crippen molar-refractivity contribution in [3.05, 3.63) is 83.9 Å². The summed E-state index contributed by atoms with van der Waals surface area (Å²) in [6.07, 6.45) is 2.52. The number of pyridine rings is 2. The largest absolute Gasteiger partial charge is 0.366 e. The molecule has 2 aromatic heterocycles. The molecule has 0 bridgehead atoms. The maximum atomic E-state index is 12.8. The molecular weight excluding hydrogens is 307 g/mol. The first kappa shape index (κ1) is 15.6. The van der Waals surface area contributed by atoms with Gasteiger partial charge in [-0.1, -0.05) is 30.3 Å². The minimum absolute atomic E-state index is 0.285. The van der Waals surface area contributed by atoms with Crippen LogP contribution < -0.4 is 10.6 Å². The zero-order valence-corrected chi connectivity index (χ0v) is 12.7. The van der Waals surface area contributed by atoms with E-state index in [4.69, 9.17) is 0 Å². The number of nitrogens with one attached hydrogen (secondary N) is 2. The predicted octanol–water partition coefficient (Wildman–Crippen LogP) is 3.48. The van der Waals surface area contributed by atoms with Gasteiger partial charge in [0.2, 0.25) is 0 Å². The maximum absolute atomic E-state index is 12.8. The first-order valence-electron chi connectivity index (χ1n) is 7.37. The first-order chi connectivity index (χ1) is 11.7. The minimum atomic E-state index is -0.455. The molecule has 0 aliphatic rings. The highest BCUT2D eigenvalue weighted by atomic mass is 19.1. The molecule has 2 heterocycles. The van der Waals surface area contributed by atoms with Gasteiger partial charge in [0.15, 0.2) is 0 Å². The van der Waals surface area contributed by atoms with Crippen LogP contribution in [0.4, 0.5) is 16.0 Å². The third-order valence-corrected chi connectivity index (χ3v) is 3.31. The Kier molecular flexibility index (Phi) is 4.76. The van der Waals surface area contributed by atoms with Crippen molar-refractivity contribution in [2.45, 2.75) is 6.54 Å². The van der Waals surface area contributed by atoms with Crippen LogP contribution in [0.15, 0.2) is 67.0 Å². The zero-order valence-electron chi connectivity index (χ0n) is 12.7. The van der Waals surface area contributed by atoms with Crippen LogP contribution in [0.3, 0.4) is 0 Å². The fraction of sp³-hybridized carbons (Fsp3) is 0.0556. The lowest BCUT2D eigenvalue weighted by molar-refractivity contribution is 0.102. The van der Waals surface area contributed by atoms with E-state index in [1.807, 2.05) is 30.3 Å². The summed E-state index contributed by atoms with van der Waals surface area (Å²) in [6.45, 7) is 0.652. The second-order valence-corrected chi connectivity index (χ2v) is 5.09. The SMILES string of the molecule is O=C(Nc1ccc(F)cn1)c1ccc(NCc2ccccc2)nc1. The average Bonchev–Trinajstić information content (AvgIpc) is 2.63. The third kappa shape index (κ3) is 4.13. The van der Waals surface area contributed by atoms with E-state index < -0.39 is 5.82 Å². The summed E-state index contributed by atoms with van der Waals surface area (Å²) in [6, 6.07) is 16.0. The van der Waals surface area contributed by atoms with Crippen LogP contribution in [-0.2, 0) is 6.54 Å². The second-order valence-electron chi connectivity index (χ2n) is 5.09. The molecule has 2 N–H and O–H groups in total. The van der Waals surface area contributed by atoms with Crippen molar-refractivity contribution in [3.8, 4) is 0 Å². The zero-order chi connectivity index (χ0) is 16.8. The molecule has 0 atom stereocenters. The number of amides is 1. The van der Waals surface area contributed by atoms with E-state index in [0.717, 1.165) is 11.8 Å². The van der Waals surface area contributed by atoms with E-state index in [0.29, 0.717) is 17.9 Å². The van der Waals surface area contributed by atoms with E-state index in [-0.39, 0.29) is 11.7 Å². The molecule has 0 unspecified atom stereocenters. The number of hydrogen-bond acceptors (Lipinski definition) is 4. The van der Waals surface area contributed by atoms with Gasteiger partial charge in [-0.15, -0.1) is 0 Å². The number of nitrogens with zero attached hydrogens (tertiary/aromatic N) is 2. The number of carbonyl (C=O) groups is 1. The lowest BCUT2D eigenvalue weighted by atomic mass is 10.2. The molecule has 6 heteroatoms. The Labute approximate surface area is 138 Å². The Hall–Kier alpha value is -3.28. The molecule has 0 saturated carbocycles. The lowest BCUT2D eigenvalue weighted by Crippen LogP contribution is -2.13. The van der Waals surface area contributed by atoms with Crippen LogP contribution in [0.2, 0.25) is 0 Å². The van der Waals surface area contributed by atoms with Crippen LogP contribution in [-0.4, -0.2) is 15.9 Å². The topological polar surface area (TPSA) is 66.9 Å². The Morgan fingerprint density at radius 1 is 0.917 bits per heavy atom. The van der Waals surface area contributed by atoms with Crippen LogP contribution in [0.1, 0.15) is 15.9 Å². The Balaban J connectivity index is 1.59. The van der Waals surface area contributed by atoms with Gasteiger partial charge in [0.05, 0.1) is 11.8 Å². The van der Waals surface area contributed by atoms with Gasteiger partial charge < -0.3 is 10.6 Å². The highest BCUT2D eigenvalue weighted by Gasteiger charge is 2.07. The van der Waals surface area contributed by atoms with E-state index in [1.165, 1.54) is 18.3 Å². The van der Waals surface area contributed by atoms with Crippen molar-refractivity contribution in [1.29, 1.82) is 0 Å². The van der Waals surface area contributed by atoms with Crippen LogP contribution in [0.25, 0.3) is 0 Å². The summed E-state index contributed by atoms with van der Waals surface area (Å²) in [5.74, 6) is 0.155. The highest BCUT2D eigenvalue weighted by molar-refractivity contribution is 6.03. The van der Waals surface area contributed by atoms with Gasteiger partial charge in [0, 0.05) is 12.7 Å². The van der Waals surface area contributed by atoms with Crippen molar-refractivity contribution in [2.24, 2.45) is 0 Å². The molecule has 3 aromatic rings. The van der Waals surface area contributed by atoms with Crippen molar-refractivity contribution < 1.29 is 9.18 Å². The minimum Gasteiger partial charge on any atom is -0.366 e. The molecule has 0 radical (unpaired) electrons. The van der Waals surface area contributed by atoms with Crippen LogP contribution >= 0.6 is 0 Å². The number of hydrogen-bond donors (Lipinski definition) is 2. The smallest absolute Gasteiger partial charge is 0.258 e. The first-order valence-corrected chi connectivity index (χ1v) is 7.37. The van der Waals surface area contributed by atoms with Crippen LogP contribution in [0.5, 0.6) is 0 Å². The molecule has 1 aromatic carbocycles. The predicted molar refractivity (Wildman–Crippen MR) is 90.2 cm³/mol. The Morgan fingerprint density at radius 3 is 2.33 bits per heavy atom. The summed E-state index contributed by atoms with van der Waals surface area (Å²) in [5.41, 5.74) is 1.54. The third-order valence-electron chi connectivity index (χ3n) is 3.31. The highest BCUT2D eigenvalue weighted by Crippen LogP contribution is 2.10. The second kappa shape index (κ2) is 7.32. The molecule has 0 saturated heterocycles. The number of rotatable bonds is 5. The normalized spacial score (nSPS) is 10.2. The van der Waals surface area contributed by atoms with Crippen molar-refractivity contribution in [2.75, 3.05) is 10.6 Å². The quantitative estimate of drug-likeness (QED) is 0.755. The molecule has 0 fully saturated rings. The summed E-state index contributed by atoms with van der Waals surface area (Å²) in [7, 11) is 0. The van der Waals surface area contributed by atoms with E-state index in [2.05, 4.69) is 20.6 Å². The van der Waals surface area contributed by atoms with E-state index in [1.54, 1.807) is 12.1 Å². The van der Waals surface area contributed by atoms with Gasteiger partial charge >= 0.3 is 0 Å². The molecule has 1 amide bonds. The number of anilines is 2. The Bertz CT molecular complexity index is 805. The van der Waals surface area contributed by atoms with Crippen molar-refractivity contribution in [1.82, 2.24) is 9.97 Å². The molecule has 24 heavy (non-hydrogen) atoms. The molecule has 0 aliphatic carbocycles. The summed E-state index contributed by atoms with van der Waals surface area (Å²) in [4.78, 5) is 20.1. The van der Waals surface area contributed by atoms with Gasteiger partial charge in [-0.25, -0.2) is 14.4 Å². The van der Waals surface area contributed by atoms with Crippen molar-refractivity contribution in [3.63, 3.8) is 0 Å².